The van der Waals surface area contributed by atoms with Crippen LogP contribution in [0.2, 0.25) is 0 Å². The highest BCUT2D eigenvalue weighted by atomic mass is 32.2. The van der Waals surface area contributed by atoms with Gasteiger partial charge in [-0.15, -0.1) is 0 Å². The van der Waals surface area contributed by atoms with Crippen molar-refractivity contribution in [2.45, 2.75) is 36.7 Å². The van der Waals surface area contributed by atoms with Gasteiger partial charge in [0, 0.05) is 30.6 Å². The van der Waals surface area contributed by atoms with Crippen LogP contribution in [0.1, 0.15) is 24.0 Å². The van der Waals surface area contributed by atoms with Crippen LogP contribution in [0.5, 0.6) is 5.75 Å². The van der Waals surface area contributed by atoms with Gasteiger partial charge in [0.2, 0.25) is 10.0 Å². The molecule has 0 bridgehead atoms. The molecule has 1 aliphatic heterocycles. The Bertz CT molecular complexity index is 926. The van der Waals surface area contributed by atoms with E-state index < -0.39 is 21.7 Å². The lowest BCUT2D eigenvalue weighted by Crippen LogP contribution is -2.33. The van der Waals surface area contributed by atoms with Crippen LogP contribution in [0.4, 0.5) is 8.78 Å². The monoisotopic (exact) mass is 365 g/mol. The molecular formula is C18H17F2NO3S. The third-order valence-corrected chi connectivity index (χ3v) is 6.46. The smallest absolute Gasteiger partial charge is 0.243 e. The van der Waals surface area contributed by atoms with Gasteiger partial charge < -0.3 is 4.74 Å². The van der Waals surface area contributed by atoms with Crippen LogP contribution in [0.3, 0.4) is 0 Å². The van der Waals surface area contributed by atoms with Gasteiger partial charge in [-0.2, -0.15) is 4.31 Å². The Morgan fingerprint density at radius 1 is 1.12 bits per heavy atom. The van der Waals surface area contributed by atoms with Gasteiger partial charge in [-0.25, -0.2) is 17.2 Å². The summed E-state index contributed by atoms with van der Waals surface area (Å²) in [5.41, 5.74) is 1.03. The molecule has 25 heavy (non-hydrogen) atoms. The minimum atomic E-state index is -3.77. The molecule has 4 rings (SSSR count). The van der Waals surface area contributed by atoms with Crippen molar-refractivity contribution in [3.63, 3.8) is 0 Å². The number of nitrogens with zero attached hydrogens (tertiary/aromatic N) is 1. The minimum Gasteiger partial charge on any atom is -0.493 e. The topological polar surface area (TPSA) is 46.6 Å². The highest BCUT2D eigenvalue weighted by Crippen LogP contribution is 2.35. The quantitative estimate of drug-likeness (QED) is 0.817. The van der Waals surface area contributed by atoms with E-state index in [4.69, 9.17) is 4.74 Å². The molecule has 0 spiro atoms. The van der Waals surface area contributed by atoms with Crippen molar-refractivity contribution in [3.8, 4) is 5.75 Å². The number of hydrogen-bond donors (Lipinski definition) is 0. The summed E-state index contributed by atoms with van der Waals surface area (Å²) in [5.74, 6) is -0.703. The molecular weight excluding hydrogens is 348 g/mol. The molecule has 0 saturated heterocycles. The summed E-state index contributed by atoms with van der Waals surface area (Å²) in [7, 11) is -3.77. The van der Waals surface area contributed by atoms with Gasteiger partial charge in [0.05, 0.1) is 11.5 Å². The number of rotatable bonds is 5. The van der Waals surface area contributed by atoms with Crippen LogP contribution in [0.25, 0.3) is 0 Å². The van der Waals surface area contributed by atoms with Crippen molar-refractivity contribution in [1.29, 1.82) is 0 Å². The predicted octanol–water partition coefficient (Wildman–Crippen LogP) is 3.25. The Kier molecular flexibility index (Phi) is 4.00. The highest BCUT2D eigenvalue weighted by Gasteiger charge is 2.38. The Morgan fingerprint density at radius 3 is 2.64 bits per heavy atom. The lowest BCUT2D eigenvalue weighted by atomic mass is 10.2. The summed E-state index contributed by atoms with van der Waals surface area (Å²) in [6, 6.07) is 7.90. The van der Waals surface area contributed by atoms with Crippen LogP contribution in [-0.4, -0.2) is 25.4 Å². The van der Waals surface area contributed by atoms with Gasteiger partial charge in [-0.3, -0.25) is 0 Å². The van der Waals surface area contributed by atoms with E-state index in [1.807, 2.05) is 0 Å². The molecule has 1 saturated carbocycles. The zero-order valence-corrected chi connectivity index (χ0v) is 14.2. The zero-order chi connectivity index (χ0) is 17.6. The molecule has 0 aromatic heterocycles. The summed E-state index contributed by atoms with van der Waals surface area (Å²) in [6.07, 6.45) is 2.17. The number of ether oxygens (including phenoxy) is 1. The molecule has 2 aromatic carbocycles. The first kappa shape index (κ1) is 16.5. The SMILES string of the molecule is O=S(=O)(c1ccc2c(c1)CCO2)N(Cc1ccc(F)cc1F)C1CC1. The Hall–Kier alpha value is -1.99. The van der Waals surface area contributed by atoms with E-state index in [1.54, 1.807) is 12.1 Å². The summed E-state index contributed by atoms with van der Waals surface area (Å²) >= 11 is 0. The van der Waals surface area contributed by atoms with Crippen molar-refractivity contribution in [2.75, 3.05) is 6.61 Å². The summed E-state index contributed by atoms with van der Waals surface area (Å²) < 4.78 is 60.0. The van der Waals surface area contributed by atoms with Crippen molar-refractivity contribution in [3.05, 3.63) is 59.2 Å². The molecule has 2 aromatic rings. The maximum Gasteiger partial charge on any atom is 0.243 e. The van der Waals surface area contributed by atoms with E-state index in [0.717, 1.165) is 30.5 Å². The number of halogens is 2. The first-order valence-corrected chi connectivity index (χ1v) is 9.60. The molecule has 7 heteroatoms. The van der Waals surface area contributed by atoms with E-state index in [2.05, 4.69) is 0 Å². The molecule has 2 aliphatic rings. The molecule has 1 heterocycles. The lowest BCUT2D eigenvalue weighted by Gasteiger charge is -2.22. The highest BCUT2D eigenvalue weighted by molar-refractivity contribution is 7.89. The van der Waals surface area contributed by atoms with E-state index in [-0.39, 0.29) is 23.0 Å². The van der Waals surface area contributed by atoms with E-state index in [1.165, 1.54) is 16.4 Å². The molecule has 0 N–H and O–H groups in total. The fourth-order valence-corrected chi connectivity index (χ4v) is 4.76. The molecule has 1 aliphatic carbocycles. The Labute approximate surface area is 145 Å². The van der Waals surface area contributed by atoms with E-state index in [9.17, 15) is 17.2 Å². The van der Waals surface area contributed by atoms with Crippen molar-refractivity contribution in [2.24, 2.45) is 0 Å². The van der Waals surface area contributed by atoms with Crippen molar-refractivity contribution < 1.29 is 21.9 Å². The van der Waals surface area contributed by atoms with Crippen LogP contribution < -0.4 is 4.74 Å². The van der Waals surface area contributed by atoms with Gasteiger partial charge in [-0.1, -0.05) is 6.07 Å². The van der Waals surface area contributed by atoms with Gasteiger partial charge in [-0.05, 0) is 42.7 Å². The number of hydrogen-bond acceptors (Lipinski definition) is 3. The van der Waals surface area contributed by atoms with Gasteiger partial charge in [0.25, 0.3) is 0 Å². The average Bonchev–Trinajstić information content (AvgIpc) is 3.29. The van der Waals surface area contributed by atoms with Crippen LogP contribution in [0, 0.1) is 11.6 Å². The second-order valence-corrected chi connectivity index (χ2v) is 8.28. The normalized spacial score (nSPS) is 16.8. The summed E-state index contributed by atoms with van der Waals surface area (Å²) in [4.78, 5) is 0.186. The lowest BCUT2D eigenvalue weighted by molar-refractivity contribution is 0.356. The number of fused-ring (bicyclic) bond motifs is 1. The van der Waals surface area contributed by atoms with Gasteiger partial charge >= 0.3 is 0 Å². The van der Waals surface area contributed by atoms with Crippen LogP contribution >= 0.6 is 0 Å². The third kappa shape index (κ3) is 3.14. The third-order valence-electron chi connectivity index (χ3n) is 4.56. The van der Waals surface area contributed by atoms with Crippen molar-refractivity contribution in [1.82, 2.24) is 4.31 Å². The Balaban J connectivity index is 1.68. The summed E-state index contributed by atoms with van der Waals surface area (Å²) in [6.45, 7) is 0.443. The van der Waals surface area contributed by atoms with Crippen molar-refractivity contribution >= 4 is 10.0 Å². The molecule has 0 unspecified atom stereocenters. The second kappa shape index (κ2) is 6.07. The molecule has 132 valence electrons. The number of benzene rings is 2. The van der Waals surface area contributed by atoms with Crippen LogP contribution in [-0.2, 0) is 23.0 Å². The first-order chi connectivity index (χ1) is 11.9. The second-order valence-electron chi connectivity index (χ2n) is 6.39. The molecule has 0 amide bonds. The molecule has 0 radical (unpaired) electrons. The van der Waals surface area contributed by atoms with E-state index in [0.29, 0.717) is 18.8 Å². The predicted molar refractivity (Wildman–Crippen MR) is 87.7 cm³/mol. The maximum absolute atomic E-state index is 14.0. The maximum atomic E-state index is 14.0. The first-order valence-electron chi connectivity index (χ1n) is 8.16. The molecule has 4 nitrogen and oxygen atoms in total. The molecule has 1 fully saturated rings. The standard InChI is InChI=1S/C18H17F2NO3S/c19-14-2-1-13(17(20)10-14)11-21(15-3-4-15)25(22,23)16-5-6-18-12(9-16)7-8-24-18/h1-2,5-6,9-10,15H,3-4,7-8,11H2. The summed E-state index contributed by atoms with van der Waals surface area (Å²) in [5, 5.41) is 0. The minimum absolute atomic E-state index is 0.104. The fraction of sp³-hybridized carbons (Fsp3) is 0.333. The number of sulfonamides is 1. The largest absolute Gasteiger partial charge is 0.493 e. The van der Waals surface area contributed by atoms with Crippen LogP contribution in [0.15, 0.2) is 41.3 Å². The zero-order valence-electron chi connectivity index (χ0n) is 13.4. The molecule has 0 atom stereocenters. The van der Waals surface area contributed by atoms with Gasteiger partial charge in [0.1, 0.15) is 17.4 Å². The van der Waals surface area contributed by atoms with E-state index >= 15 is 0 Å². The fourth-order valence-electron chi connectivity index (χ4n) is 3.05. The van der Waals surface area contributed by atoms with Gasteiger partial charge in [0.15, 0.2) is 0 Å². The Morgan fingerprint density at radius 2 is 1.92 bits per heavy atom. The average molecular weight is 365 g/mol.